The van der Waals surface area contributed by atoms with Crippen molar-refractivity contribution in [2.24, 2.45) is 5.92 Å². The second-order valence-electron chi connectivity index (χ2n) is 10.6. The molecule has 0 spiro atoms. The van der Waals surface area contributed by atoms with Crippen molar-refractivity contribution in [2.45, 2.75) is 62.0 Å². The number of ether oxygens (including phenoxy) is 1. The Kier molecular flexibility index (Phi) is 5.37. The van der Waals surface area contributed by atoms with Gasteiger partial charge in [0.2, 0.25) is 0 Å². The normalized spacial score (nSPS) is 32.8. The van der Waals surface area contributed by atoms with Gasteiger partial charge in [0.1, 0.15) is 5.75 Å². The summed E-state index contributed by atoms with van der Waals surface area (Å²) < 4.78 is 5.64. The lowest BCUT2D eigenvalue weighted by molar-refractivity contribution is -0.149. The zero-order valence-corrected chi connectivity index (χ0v) is 20.1. The highest BCUT2D eigenvalue weighted by molar-refractivity contribution is 7.09. The maximum absolute atomic E-state index is 12.6. The van der Waals surface area contributed by atoms with Crippen molar-refractivity contribution in [2.75, 3.05) is 39.8 Å². The van der Waals surface area contributed by atoms with Crippen LogP contribution in [0.3, 0.4) is 0 Å². The summed E-state index contributed by atoms with van der Waals surface area (Å²) in [6.07, 6.45) is 7.81. The molecule has 1 aromatic heterocycles. The van der Waals surface area contributed by atoms with Gasteiger partial charge in [-0.15, -0.1) is 11.3 Å². The molecule has 32 heavy (non-hydrogen) atoms. The van der Waals surface area contributed by atoms with Gasteiger partial charge in [0, 0.05) is 36.0 Å². The molecular formula is C27H36N2O2S. The lowest BCUT2D eigenvalue weighted by Crippen LogP contribution is -2.71. The third-order valence-corrected chi connectivity index (χ3v) is 9.94. The summed E-state index contributed by atoms with van der Waals surface area (Å²) in [7, 11) is 1.76. The molecule has 5 heteroatoms. The Bertz CT molecular complexity index is 959. The average Bonchev–Trinajstić information content (AvgIpc) is 3.50. The predicted molar refractivity (Wildman–Crippen MR) is 130 cm³/mol. The predicted octanol–water partition coefficient (Wildman–Crippen LogP) is 4.10. The SMILES string of the molecule is COc1ccc2c(c1)C13CCN(CCc4cccs4)CCC1(O)C(C2)N(CC1CC1)CC3. The van der Waals surface area contributed by atoms with E-state index in [1.54, 1.807) is 7.11 Å². The third-order valence-electron chi connectivity index (χ3n) is 9.00. The number of fused-ring (bicyclic) bond motifs is 1. The van der Waals surface area contributed by atoms with Crippen molar-refractivity contribution >= 4 is 11.3 Å². The van der Waals surface area contributed by atoms with E-state index in [-0.39, 0.29) is 11.5 Å². The topological polar surface area (TPSA) is 35.9 Å². The molecule has 2 saturated heterocycles. The summed E-state index contributed by atoms with van der Waals surface area (Å²) in [5.41, 5.74) is 2.00. The molecule has 2 aromatic rings. The van der Waals surface area contributed by atoms with Crippen molar-refractivity contribution in [1.82, 2.24) is 9.80 Å². The van der Waals surface area contributed by atoms with Gasteiger partial charge in [-0.1, -0.05) is 12.1 Å². The molecule has 1 saturated carbocycles. The van der Waals surface area contributed by atoms with Crippen LogP contribution in [0.1, 0.15) is 48.1 Å². The summed E-state index contributed by atoms with van der Waals surface area (Å²) >= 11 is 1.86. The summed E-state index contributed by atoms with van der Waals surface area (Å²) in [5.74, 6) is 1.79. The number of hydrogen-bond acceptors (Lipinski definition) is 5. The maximum atomic E-state index is 12.6. The highest BCUT2D eigenvalue weighted by atomic mass is 32.1. The molecule has 3 unspecified atom stereocenters. The lowest BCUT2D eigenvalue weighted by Gasteiger charge is -2.61. The lowest BCUT2D eigenvalue weighted by atomic mass is 9.52. The molecule has 0 amide bonds. The van der Waals surface area contributed by atoms with Crippen LogP contribution < -0.4 is 4.74 Å². The van der Waals surface area contributed by atoms with Crippen LogP contribution in [-0.2, 0) is 18.3 Å². The molecule has 3 atom stereocenters. The van der Waals surface area contributed by atoms with Crippen LogP contribution in [0.15, 0.2) is 35.7 Å². The minimum Gasteiger partial charge on any atom is -0.497 e. The summed E-state index contributed by atoms with van der Waals surface area (Å²) in [5, 5.41) is 14.8. The fourth-order valence-electron chi connectivity index (χ4n) is 6.98. The van der Waals surface area contributed by atoms with Gasteiger partial charge in [0.25, 0.3) is 0 Å². The summed E-state index contributed by atoms with van der Waals surface area (Å²) in [6, 6.07) is 11.3. The Morgan fingerprint density at radius 3 is 2.75 bits per heavy atom. The fourth-order valence-corrected chi connectivity index (χ4v) is 7.67. The molecule has 4 nitrogen and oxygen atoms in total. The van der Waals surface area contributed by atoms with Gasteiger partial charge >= 0.3 is 0 Å². The molecule has 3 fully saturated rings. The zero-order valence-electron chi connectivity index (χ0n) is 19.3. The number of benzene rings is 1. The van der Waals surface area contributed by atoms with E-state index in [0.29, 0.717) is 0 Å². The first-order chi connectivity index (χ1) is 15.6. The number of methoxy groups -OCH3 is 1. The largest absolute Gasteiger partial charge is 0.497 e. The van der Waals surface area contributed by atoms with E-state index in [9.17, 15) is 5.11 Å². The number of thiophene rings is 1. The van der Waals surface area contributed by atoms with E-state index in [2.05, 4.69) is 45.5 Å². The van der Waals surface area contributed by atoms with Crippen LogP contribution in [0, 0.1) is 5.92 Å². The highest BCUT2D eigenvalue weighted by Crippen LogP contribution is 2.56. The van der Waals surface area contributed by atoms with Crippen molar-refractivity contribution in [3.63, 3.8) is 0 Å². The zero-order chi connectivity index (χ0) is 21.8. The summed E-state index contributed by atoms with van der Waals surface area (Å²) in [6.45, 7) is 5.45. The van der Waals surface area contributed by atoms with Gasteiger partial charge in [-0.3, -0.25) is 4.90 Å². The minimum atomic E-state index is -0.656. The van der Waals surface area contributed by atoms with Crippen LogP contribution in [0.5, 0.6) is 5.75 Å². The standard InChI is InChI=1S/C27H36N2O2S/c1-31-22-7-6-21-17-25-27(30)11-14-28(12-8-23-3-2-16-32-23)13-9-26(27,24(21)18-22)10-15-29(25)19-20-4-5-20/h2-3,6-7,16,18,20,25,30H,4-5,8-15,17,19H2,1H3. The van der Waals surface area contributed by atoms with Crippen LogP contribution in [0.25, 0.3) is 0 Å². The van der Waals surface area contributed by atoms with E-state index in [1.165, 1.54) is 35.4 Å². The average molecular weight is 453 g/mol. The van der Waals surface area contributed by atoms with Gasteiger partial charge < -0.3 is 14.7 Å². The number of rotatable bonds is 6. The van der Waals surface area contributed by atoms with Crippen molar-refractivity contribution < 1.29 is 9.84 Å². The van der Waals surface area contributed by atoms with E-state index in [1.807, 2.05) is 11.3 Å². The van der Waals surface area contributed by atoms with Gasteiger partial charge in [-0.25, -0.2) is 0 Å². The van der Waals surface area contributed by atoms with Crippen molar-refractivity contribution in [3.8, 4) is 5.75 Å². The molecule has 2 aliphatic carbocycles. The maximum Gasteiger partial charge on any atom is 0.119 e. The van der Waals surface area contributed by atoms with Crippen LogP contribution in [-0.4, -0.2) is 66.4 Å². The molecule has 3 heterocycles. The first-order valence-electron chi connectivity index (χ1n) is 12.5. The Hall–Kier alpha value is -1.40. The Balaban J connectivity index is 1.34. The van der Waals surface area contributed by atoms with Gasteiger partial charge in [0.15, 0.2) is 0 Å². The molecule has 2 bridgehead atoms. The van der Waals surface area contributed by atoms with E-state index >= 15 is 0 Å². The molecule has 172 valence electrons. The number of piperidine rings is 1. The Morgan fingerprint density at radius 1 is 1.12 bits per heavy atom. The van der Waals surface area contributed by atoms with Crippen molar-refractivity contribution in [1.29, 1.82) is 0 Å². The van der Waals surface area contributed by atoms with E-state index < -0.39 is 5.60 Å². The Labute approximate surface area is 196 Å². The highest BCUT2D eigenvalue weighted by Gasteiger charge is 2.63. The first-order valence-corrected chi connectivity index (χ1v) is 13.4. The van der Waals surface area contributed by atoms with E-state index in [4.69, 9.17) is 4.74 Å². The third kappa shape index (κ3) is 3.44. The molecule has 2 aliphatic heterocycles. The second kappa shape index (κ2) is 8.12. The molecule has 6 rings (SSSR count). The van der Waals surface area contributed by atoms with Gasteiger partial charge in [0.05, 0.1) is 12.7 Å². The number of aliphatic hydroxyl groups is 1. The van der Waals surface area contributed by atoms with Crippen molar-refractivity contribution in [3.05, 3.63) is 51.7 Å². The van der Waals surface area contributed by atoms with Crippen LogP contribution >= 0.6 is 11.3 Å². The van der Waals surface area contributed by atoms with Gasteiger partial charge in [-0.2, -0.15) is 0 Å². The quantitative estimate of drug-likeness (QED) is 0.716. The number of likely N-dealkylation sites (tertiary alicyclic amines) is 2. The Morgan fingerprint density at radius 2 is 1.97 bits per heavy atom. The molecular weight excluding hydrogens is 416 g/mol. The van der Waals surface area contributed by atoms with E-state index in [0.717, 1.165) is 70.0 Å². The molecule has 0 radical (unpaired) electrons. The first kappa shape index (κ1) is 21.2. The minimum absolute atomic E-state index is 0.155. The summed E-state index contributed by atoms with van der Waals surface area (Å²) in [4.78, 5) is 6.75. The number of hydrogen-bond donors (Lipinski definition) is 1. The monoisotopic (exact) mass is 452 g/mol. The molecule has 1 aromatic carbocycles. The second-order valence-corrected chi connectivity index (χ2v) is 11.6. The molecule has 4 aliphatic rings. The number of nitrogens with zero attached hydrogens (tertiary/aromatic N) is 2. The van der Waals surface area contributed by atoms with Gasteiger partial charge in [-0.05, 0) is 98.7 Å². The van der Waals surface area contributed by atoms with Crippen LogP contribution in [0.2, 0.25) is 0 Å². The smallest absolute Gasteiger partial charge is 0.119 e. The van der Waals surface area contributed by atoms with Crippen LogP contribution in [0.4, 0.5) is 0 Å². The molecule has 1 N–H and O–H groups in total. The fraction of sp³-hybridized carbons (Fsp3) is 0.630.